The van der Waals surface area contributed by atoms with Crippen LogP contribution in [0.15, 0.2) is 6.07 Å². The molecule has 0 aliphatic carbocycles. The van der Waals surface area contributed by atoms with Crippen LogP contribution in [-0.4, -0.2) is 39.7 Å². The molecular weight excluding hydrogens is 270 g/mol. The van der Waals surface area contributed by atoms with Crippen LogP contribution in [0.3, 0.4) is 0 Å². The maximum atomic E-state index is 11.0. The Bertz CT molecular complexity index is 505. The first-order valence-electron chi connectivity index (χ1n) is 7.46. The second kappa shape index (κ2) is 6.74. The summed E-state index contributed by atoms with van der Waals surface area (Å²) in [5.74, 6) is 0.349. The van der Waals surface area contributed by atoms with Gasteiger partial charge in [0.2, 0.25) is 11.8 Å². The monoisotopic (exact) mass is 293 g/mol. The van der Waals surface area contributed by atoms with Crippen molar-refractivity contribution >= 4 is 11.9 Å². The number of ether oxygens (including phenoxy) is 1. The minimum absolute atomic E-state index is 0.0371. The molecule has 0 aromatic carbocycles. The second-order valence-corrected chi connectivity index (χ2v) is 5.76. The molecule has 0 bridgehead atoms. The highest BCUT2D eigenvalue weighted by molar-refractivity contribution is 5.68. The van der Waals surface area contributed by atoms with E-state index in [2.05, 4.69) is 9.97 Å². The SMILES string of the molecule is Cc1cc(OC(C)C)nc(N2CCCCC2CC(=O)O)n1. The van der Waals surface area contributed by atoms with Crippen molar-refractivity contribution in [1.29, 1.82) is 0 Å². The van der Waals surface area contributed by atoms with Crippen molar-refractivity contribution in [2.24, 2.45) is 0 Å². The minimum atomic E-state index is -0.779. The van der Waals surface area contributed by atoms with E-state index in [1.54, 1.807) is 6.07 Å². The zero-order valence-corrected chi connectivity index (χ0v) is 12.9. The molecule has 2 heterocycles. The van der Waals surface area contributed by atoms with Gasteiger partial charge in [0.05, 0.1) is 12.5 Å². The van der Waals surface area contributed by atoms with Crippen molar-refractivity contribution in [3.63, 3.8) is 0 Å². The van der Waals surface area contributed by atoms with Crippen LogP contribution in [0.5, 0.6) is 5.88 Å². The lowest BCUT2D eigenvalue weighted by Gasteiger charge is -2.35. The van der Waals surface area contributed by atoms with Crippen molar-refractivity contribution < 1.29 is 14.6 Å². The van der Waals surface area contributed by atoms with E-state index in [0.29, 0.717) is 11.8 Å². The van der Waals surface area contributed by atoms with Gasteiger partial charge in [-0.15, -0.1) is 0 Å². The summed E-state index contributed by atoms with van der Waals surface area (Å²) in [6.45, 7) is 6.59. The summed E-state index contributed by atoms with van der Waals surface area (Å²) >= 11 is 0. The van der Waals surface area contributed by atoms with Crippen LogP contribution in [0.4, 0.5) is 5.95 Å². The Balaban J connectivity index is 2.25. The number of aliphatic carboxylic acids is 1. The molecule has 1 unspecified atom stereocenters. The van der Waals surface area contributed by atoms with E-state index in [4.69, 9.17) is 9.84 Å². The molecule has 1 aromatic heterocycles. The molecule has 0 spiro atoms. The number of carboxylic acid groups (broad SMARTS) is 1. The number of hydrogen-bond donors (Lipinski definition) is 1. The fraction of sp³-hybridized carbons (Fsp3) is 0.667. The quantitative estimate of drug-likeness (QED) is 0.898. The zero-order valence-electron chi connectivity index (χ0n) is 12.9. The first-order valence-corrected chi connectivity index (χ1v) is 7.46. The molecule has 1 N–H and O–H groups in total. The molecule has 1 saturated heterocycles. The molecule has 1 aliphatic rings. The first-order chi connectivity index (χ1) is 9.95. The van der Waals surface area contributed by atoms with Crippen LogP contribution in [0.25, 0.3) is 0 Å². The fourth-order valence-electron chi connectivity index (χ4n) is 2.63. The number of nitrogens with zero attached hydrogens (tertiary/aromatic N) is 3. The lowest BCUT2D eigenvalue weighted by atomic mass is 10.00. The van der Waals surface area contributed by atoms with Gasteiger partial charge in [-0.3, -0.25) is 4.79 Å². The Kier molecular flexibility index (Phi) is 4.98. The summed E-state index contributed by atoms with van der Waals surface area (Å²) in [4.78, 5) is 22.0. The number of carboxylic acids is 1. The maximum Gasteiger partial charge on any atom is 0.305 e. The highest BCUT2D eigenvalue weighted by atomic mass is 16.5. The molecule has 6 nitrogen and oxygen atoms in total. The lowest BCUT2D eigenvalue weighted by Crippen LogP contribution is -2.42. The Hall–Kier alpha value is -1.85. The predicted octanol–water partition coefficient (Wildman–Crippen LogP) is 2.41. The Morgan fingerprint density at radius 2 is 2.24 bits per heavy atom. The summed E-state index contributed by atoms with van der Waals surface area (Å²) in [5, 5.41) is 9.07. The summed E-state index contributed by atoms with van der Waals surface area (Å²) in [6, 6.07) is 1.77. The summed E-state index contributed by atoms with van der Waals surface area (Å²) in [5.41, 5.74) is 0.829. The molecule has 6 heteroatoms. The first kappa shape index (κ1) is 15.5. The average molecular weight is 293 g/mol. The molecular formula is C15H23N3O3. The van der Waals surface area contributed by atoms with Gasteiger partial charge in [0.25, 0.3) is 0 Å². The molecule has 21 heavy (non-hydrogen) atoms. The van der Waals surface area contributed by atoms with Gasteiger partial charge in [-0.05, 0) is 40.0 Å². The number of anilines is 1. The van der Waals surface area contributed by atoms with Crippen LogP contribution in [-0.2, 0) is 4.79 Å². The highest BCUT2D eigenvalue weighted by Gasteiger charge is 2.27. The number of aromatic nitrogens is 2. The van der Waals surface area contributed by atoms with Gasteiger partial charge in [0.1, 0.15) is 0 Å². The van der Waals surface area contributed by atoms with E-state index in [1.165, 1.54) is 0 Å². The molecule has 0 saturated carbocycles. The summed E-state index contributed by atoms with van der Waals surface area (Å²) in [7, 11) is 0. The van der Waals surface area contributed by atoms with E-state index < -0.39 is 5.97 Å². The van der Waals surface area contributed by atoms with E-state index in [0.717, 1.165) is 31.5 Å². The number of carbonyl (C=O) groups is 1. The average Bonchev–Trinajstić information content (AvgIpc) is 2.37. The number of aryl methyl sites for hydroxylation is 1. The summed E-state index contributed by atoms with van der Waals surface area (Å²) < 4.78 is 5.65. The molecule has 0 radical (unpaired) electrons. The van der Waals surface area contributed by atoms with Crippen LogP contribution < -0.4 is 9.64 Å². The van der Waals surface area contributed by atoms with Gasteiger partial charge < -0.3 is 14.7 Å². The van der Waals surface area contributed by atoms with E-state index in [-0.39, 0.29) is 18.6 Å². The molecule has 0 amide bonds. The third kappa shape index (κ3) is 4.31. The third-order valence-corrected chi connectivity index (χ3v) is 3.47. The maximum absolute atomic E-state index is 11.0. The topological polar surface area (TPSA) is 75.5 Å². The largest absolute Gasteiger partial charge is 0.481 e. The van der Waals surface area contributed by atoms with Gasteiger partial charge in [0.15, 0.2) is 0 Å². The van der Waals surface area contributed by atoms with Gasteiger partial charge in [-0.2, -0.15) is 4.98 Å². The number of rotatable bonds is 5. The van der Waals surface area contributed by atoms with Gasteiger partial charge >= 0.3 is 5.97 Å². The highest BCUT2D eigenvalue weighted by Crippen LogP contribution is 2.26. The van der Waals surface area contributed by atoms with Crippen molar-refractivity contribution in [3.8, 4) is 5.88 Å². The fourth-order valence-corrected chi connectivity index (χ4v) is 2.63. The van der Waals surface area contributed by atoms with E-state index in [9.17, 15) is 4.79 Å². The Labute approximate surface area is 125 Å². The van der Waals surface area contributed by atoms with Crippen LogP contribution in [0, 0.1) is 6.92 Å². The van der Waals surface area contributed by atoms with Crippen LogP contribution in [0.2, 0.25) is 0 Å². The number of piperidine rings is 1. The number of hydrogen-bond acceptors (Lipinski definition) is 5. The van der Waals surface area contributed by atoms with Crippen molar-refractivity contribution in [2.75, 3.05) is 11.4 Å². The van der Waals surface area contributed by atoms with Gasteiger partial charge in [0, 0.05) is 24.3 Å². The third-order valence-electron chi connectivity index (χ3n) is 3.47. The molecule has 2 rings (SSSR count). The van der Waals surface area contributed by atoms with Crippen molar-refractivity contribution in [1.82, 2.24) is 9.97 Å². The molecule has 1 fully saturated rings. The normalized spacial score (nSPS) is 18.9. The van der Waals surface area contributed by atoms with Crippen molar-refractivity contribution in [3.05, 3.63) is 11.8 Å². The molecule has 1 atom stereocenters. The van der Waals surface area contributed by atoms with E-state index in [1.807, 2.05) is 25.7 Å². The summed E-state index contributed by atoms with van der Waals surface area (Å²) in [6.07, 6.45) is 3.12. The molecule has 1 aromatic rings. The Morgan fingerprint density at radius 3 is 2.90 bits per heavy atom. The Morgan fingerprint density at radius 1 is 1.48 bits per heavy atom. The van der Waals surface area contributed by atoms with Gasteiger partial charge in [-0.25, -0.2) is 4.98 Å². The van der Waals surface area contributed by atoms with Crippen LogP contribution >= 0.6 is 0 Å². The molecule has 116 valence electrons. The minimum Gasteiger partial charge on any atom is -0.481 e. The zero-order chi connectivity index (χ0) is 15.4. The molecule has 1 aliphatic heterocycles. The smallest absolute Gasteiger partial charge is 0.305 e. The van der Waals surface area contributed by atoms with Crippen LogP contribution in [0.1, 0.15) is 45.2 Å². The van der Waals surface area contributed by atoms with E-state index >= 15 is 0 Å². The van der Waals surface area contributed by atoms with Gasteiger partial charge in [-0.1, -0.05) is 0 Å². The lowest BCUT2D eigenvalue weighted by molar-refractivity contribution is -0.137. The predicted molar refractivity (Wildman–Crippen MR) is 79.8 cm³/mol. The van der Waals surface area contributed by atoms with Crippen molar-refractivity contribution in [2.45, 2.75) is 58.6 Å². The second-order valence-electron chi connectivity index (χ2n) is 5.76. The standard InChI is InChI=1S/C15H23N3O3/c1-10(2)21-13-8-11(3)16-15(17-13)18-7-5-4-6-12(18)9-14(19)20/h8,10,12H,4-7,9H2,1-3H3,(H,19,20).